The van der Waals surface area contributed by atoms with E-state index in [4.69, 9.17) is 4.42 Å². The molecule has 0 amide bonds. The second-order valence-corrected chi connectivity index (χ2v) is 5.90. The van der Waals surface area contributed by atoms with E-state index in [0.717, 1.165) is 11.6 Å². The van der Waals surface area contributed by atoms with E-state index in [9.17, 15) is 0 Å². The molecule has 1 saturated carbocycles. The van der Waals surface area contributed by atoms with Gasteiger partial charge in [0.25, 0.3) is 0 Å². The zero-order valence-electron chi connectivity index (χ0n) is 12.9. The Morgan fingerprint density at radius 3 is 2.43 bits per heavy atom. The van der Waals surface area contributed by atoms with E-state index in [1.165, 1.54) is 24.9 Å². The molecule has 0 aliphatic heterocycles. The molecule has 0 radical (unpaired) electrons. The first kappa shape index (κ1) is 13.9. The maximum atomic E-state index is 5.80. The fourth-order valence-electron chi connectivity index (χ4n) is 2.60. The predicted molar refractivity (Wildman–Crippen MR) is 83.8 cm³/mol. The summed E-state index contributed by atoms with van der Waals surface area (Å²) in [6.07, 6.45) is 3.64. The van der Waals surface area contributed by atoms with Crippen LogP contribution in [-0.2, 0) is 6.54 Å². The lowest BCUT2D eigenvalue weighted by atomic mass is 9.85. The lowest BCUT2D eigenvalue weighted by molar-refractivity contribution is 0.324. The molecule has 1 aromatic heterocycles. The van der Waals surface area contributed by atoms with E-state index in [1.54, 1.807) is 0 Å². The Kier molecular flexibility index (Phi) is 3.82. The number of hydrogen-bond donors (Lipinski definition) is 0. The van der Waals surface area contributed by atoms with E-state index < -0.39 is 0 Å². The van der Waals surface area contributed by atoms with Crippen LogP contribution in [0.4, 0.5) is 11.4 Å². The standard InChI is InChI=1S/C16H22N4O/c1-19(2)13-9-4-5-10-14(13)20(3)11-15-17-18-16(21-15)12-7-6-8-12/h4-5,9-10,12H,6-8,11H2,1-3H3. The fourth-order valence-corrected chi connectivity index (χ4v) is 2.60. The lowest BCUT2D eigenvalue weighted by Crippen LogP contribution is -2.20. The number of rotatable bonds is 5. The van der Waals surface area contributed by atoms with Crippen molar-refractivity contribution in [1.82, 2.24) is 10.2 Å². The van der Waals surface area contributed by atoms with Gasteiger partial charge in [-0.25, -0.2) is 0 Å². The van der Waals surface area contributed by atoms with Crippen molar-refractivity contribution in [2.45, 2.75) is 31.7 Å². The maximum absolute atomic E-state index is 5.80. The molecule has 0 bridgehead atoms. The van der Waals surface area contributed by atoms with Crippen LogP contribution in [-0.4, -0.2) is 31.3 Å². The molecule has 1 aromatic carbocycles. The lowest BCUT2D eigenvalue weighted by Gasteiger charge is -2.24. The van der Waals surface area contributed by atoms with Crippen molar-refractivity contribution < 1.29 is 4.42 Å². The van der Waals surface area contributed by atoms with Crippen LogP contribution in [0.5, 0.6) is 0 Å². The van der Waals surface area contributed by atoms with E-state index >= 15 is 0 Å². The highest BCUT2D eigenvalue weighted by molar-refractivity contribution is 5.70. The molecule has 0 spiro atoms. The summed E-state index contributed by atoms with van der Waals surface area (Å²) in [5, 5.41) is 8.38. The first-order valence-corrected chi connectivity index (χ1v) is 7.45. The van der Waals surface area contributed by atoms with E-state index in [2.05, 4.69) is 39.2 Å². The molecule has 1 heterocycles. The minimum Gasteiger partial charge on any atom is -0.423 e. The van der Waals surface area contributed by atoms with Crippen LogP contribution >= 0.6 is 0 Å². The molecule has 0 atom stereocenters. The summed E-state index contributed by atoms with van der Waals surface area (Å²) < 4.78 is 5.80. The Labute approximate surface area is 125 Å². The van der Waals surface area contributed by atoms with Crippen molar-refractivity contribution in [3.63, 3.8) is 0 Å². The third-order valence-corrected chi connectivity index (χ3v) is 4.08. The Balaban J connectivity index is 1.73. The fraction of sp³-hybridized carbons (Fsp3) is 0.500. The van der Waals surface area contributed by atoms with Crippen molar-refractivity contribution in [2.24, 2.45) is 0 Å². The highest BCUT2D eigenvalue weighted by Crippen LogP contribution is 2.35. The van der Waals surface area contributed by atoms with Gasteiger partial charge in [0.15, 0.2) is 0 Å². The summed E-state index contributed by atoms with van der Waals surface area (Å²) >= 11 is 0. The molecule has 1 aliphatic rings. The van der Waals surface area contributed by atoms with Crippen molar-refractivity contribution in [2.75, 3.05) is 30.9 Å². The highest BCUT2D eigenvalue weighted by atomic mass is 16.4. The van der Waals surface area contributed by atoms with Crippen LogP contribution in [0.25, 0.3) is 0 Å². The SMILES string of the molecule is CN(C)c1ccccc1N(C)Cc1nnc(C2CCC2)o1. The summed E-state index contributed by atoms with van der Waals surface area (Å²) in [5.74, 6) is 1.99. The zero-order chi connectivity index (χ0) is 14.8. The second-order valence-electron chi connectivity index (χ2n) is 5.90. The van der Waals surface area contributed by atoms with E-state index in [1.807, 2.05) is 26.2 Å². The van der Waals surface area contributed by atoms with Gasteiger partial charge in [-0.2, -0.15) is 0 Å². The van der Waals surface area contributed by atoms with Gasteiger partial charge in [-0.15, -0.1) is 10.2 Å². The molecule has 1 aliphatic carbocycles. The molecular formula is C16H22N4O. The van der Waals surface area contributed by atoms with Crippen LogP contribution in [0.15, 0.2) is 28.7 Å². The minimum absolute atomic E-state index is 0.491. The molecule has 1 fully saturated rings. The average molecular weight is 286 g/mol. The highest BCUT2D eigenvalue weighted by Gasteiger charge is 2.25. The van der Waals surface area contributed by atoms with Crippen molar-refractivity contribution in [3.05, 3.63) is 36.0 Å². The molecule has 0 saturated heterocycles. The van der Waals surface area contributed by atoms with Crippen LogP contribution < -0.4 is 9.80 Å². The molecule has 2 aromatic rings. The minimum atomic E-state index is 0.491. The van der Waals surface area contributed by atoms with Gasteiger partial charge in [-0.05, 0) is 25.0 Å². The smallest absolute Gasteiger partial charge is 0.235 e. The third kappa shape index (κ3) is 2.86. The van der Waals surface area contributed by atoms with Crippen molar-refractivity contribution in [1.29, 1.82) is 0 Å². The van der Waals surface area contributed by atoms with Crippen LogP contribution in [0.1, 0.15) is 37.0 Å². The largest absolute Gasteiger partial charge is 0.423 e. The summed E-state index contributed by atoms with van der Waals surface area (Å²) in [4.78, 5) is 4.26. The predicted octanol–water partition coefficient (Wildman–Crippen LogP) is 3.04. The molecule has 21 heavy (non-hydrogen) atoms. The van der Waals surface area contributed by atoms with Crippen molar-refractivity contribution in [3.8, 4) is 0 Å². The Morgan fingerprint density at radius 1 is 1.10 bits per heavy atom. The molecule has 5 heteroatoms. The Hall–Kier alpha value is -2.04. The quantitative estimate of drug-likeness (QED) is 0.845. The molecule has 5 nitrogen and oxygen atoms in total. The third-order valence-electron chi connectivity index (χ3n) is 4.08. The number of nitrogens with zero attached hydrogens (tertiary/aromatic N) is 4. The Bertz CT molecular complexity index is 604. The summed E-state index contributed by atoms with van der Waals surface area (Å²) in [6.45, 7) is 0.630. The van der Waals surface area contributed by atoms with Crippen LogP contribution in [0, 0.1) is 0 Å². The van der Waals surface area contributed by atoms with Gasteiger partial charge in [-0.1, -0.05) is 18.6 Å². The molecular weight excluding hydrogens is 264 g/mol. The number of para-hydroxylation sites is 2. The van der Waals surface area contributed by atoms with E-state index in [-0.39, 0.29) is 0 Å². The van der Waals surface area contributed by atoms with Gasteiger partial charge in [0.05, 0.1) is 17.9 Å². The van der Waals surface area contributed by atoms with Gasteiger partial charge in [0.2, 0.25) is 11.8 Å². The Morgan fingerprint density at radius 2 is 1.81 bits per heavy atom. The molecule has 0 unspecified atom stereocenters. The number of aromatic nitrogens is 2. The van der Waals surface area contributed by atoms with E-state index in [0.29, 0.717) is 18.4 Å². The van der Waals surface area contributed by atoms with Crippen LogP contribution in [0.2, 0.25) is 0 Å². The first-order chi connectivity index (χ1) is 10.1. The summed E-state index contributed by atoms with van der Waals surface area (Å²) in [7, 11) is 6.15. The zero-order valence-corrected chi connectivity index (χ0v) is 12.9. The van der Waals surface area contributed by atoms with Crippen molar-refractivity contribution >= 4 is 11.4 Å². The van der Waals surface area contributed by atoms with Crippen LogP contribution in [0.3, 0.4) is 0 Å². The summed E-state index contributed by atoms with van der Waals surface area (Å²) in [6, 6.07) is 8.32. The number of benzene rings is 1. The molecule has 112 valence electrons. The number of anilines is 2. The van der Waals surface area contributed by atoms with Gasteiger partial charge in [0, 0.05) is 27.1 Å². The van der Waals surface area contributed by atoms with Gasteiger partial charge in [0.1, 0.15) is 0 Å². The van der Waals surface area contributed by atoms with Gasteiger partial charge < -0.3 is 14.2 Å². The second kappa shape index (κ2) is 5.76. The van der Waals surface area contributed by atoms with Gasteiger partial charge >= 0.3 is 0 Å². The molecule has 3 rings (SSSR count). The average Bonchev–Trinajstić information content (AvgIpc) is 2.84. The normalized spacial score (nSPS) is 14.8. The topological polar surface area (TPSA) is 45.4 Å². The monoisotopic (exact) mass is 286 g/mol. The number of hydrogen-bond acceptors (Lipinski definition) is 5. The summed E-state index contributed by atoms with van der Waals surface area (Å²) in [5.41, 5.74) is 2.34. The molecule has 0 N–H and O–H groups in total. The first-order valence-electron chi connectivity index (χ1n) is 7.45. The van der Waals surface area contributed by atoms with Gasteiger partial charge in [-0.3, -0.25) is 0 Å². The maximum Gasteiger partial charge on any atom is 0.235 e.